The molecule has 0 radical (unpaired) electrons. The molecule has 0 spiro atoms. The van der Waals surface area contributed by atoms with E-state index in [1.54, 1.807) is 0 Å². The van der Waals surface area contributed by atoms with Crippen molar-refractivity contribution in [3.8, 4) is 0 Å². The largest absolute Gasteiger partial charge is 0.359 e. The van der Waals surface area contributed by atoms with Gasteiger partial charge in [-0.25, -0.2) is 4.98 Å². The van der Waals surface area contributed by atoms with E-state index >= 15 is 0 Å². The van der Waals surface area contributed by atoms with Crippen LogP contribution in [0.15, 0.2) is 18.3 Å². The van der Waals surface area contributed by atoms with Gasteiger partial charge in [-0.2, -0.15) is 0 Å². The SMILES string of the molecule is CC(C)NCc1cccnc1N(C)CC1CC1. The van der Waals surface area contributed by atoms with Crippen LogP contribution in [0.2, 0.25) is 0 Å². The molecule has 0 saturated heterocycles. The number of pyridine rings is 1. The first kappa shape index (κ1) is 12.4. The Kier molecular flexibility index (Phi) is 4.00. The summed E-state index contributed by atoms with van der Waals surface area (Å²) >= 11 is 0. The van der Waals surface area contributed by atoms with Crippen LogP contribution in [0.25, 0.3) is 0 Å². The summed E-state index contributed by atoms with van der Waals surface area (Å²) in [7, 11) is 2.15. The Balaban J connectivity index is 2.02. The molecule has 0 unspecified atom stereocenters. The van der Waals surface area contributed by atoms with Gasteiger partial charge in [0.25, 0.3) is 0 Å². The van der Waals surface area contributed by atoms with Crippen molar-refractivity contribution in [3.63, 3.8) is 0 Å². The van der Waals surface area contributed by atoms with Crippen molar-refractivity contribution in [1.82, 2.24) is 10.3 Å². The van der Waals surface area contributed by atoms with Gasteiger partial charge in [-0.15, -0.1) is 0 Å². The van der Waals surface area contributed by atoms with Gasteiger partial charge < -0.3 is 10.2 Å². The quantitative estimate of drug-likeness (QED) is 0.818. The molecule has 1 aromatic rings. The van der Waals surface area contributed by atoms with Crippen molar-refractivity contribution < 1.29 is 0 Å². The van der Waals surface area contributed by atoms with Gasteiger partial charge in [0.15, 0.2) is 0 Å². The Hall–Kier alpha value is -1.09. The summed E-state index contributed by atoms with van der Waals surface area (Å²) < 4.78 is 0. The van der Waals surface area contributed by atoms with Gasteiger partial charge in [-0.1, -0.05) is 19.9 Å². The van der Waals surface area contributed by atoms with Crippen molar-refractivity contribution in [2.45, 2.75) is 39.3 Å². The molecular weight excluding hydrogens is 210 g/mol. The van der Waals surface area contributed by atoms with Crippen LogP contribution >= 0.6 is 0 Å². The normalized spacial score (nSPS) is 15.3. The van der Waals surface area contributed by atoms with Gasteiger partial charge in [-0.05, 0) is 24.8 Å². The number of nitrogens with one attached hydrogen (secondary N) is 1. The van der Waals surface area contributed by atoms with Crippen LogP contribution in [0.3, 0.4) is 0 Å². The summed E-state index contributed by atoms with van der Waals surface area (Å²) in [5.74, 6) is 2.03. The monoisotopic (exact) mass is 233 g/mol. The first-order valence-electron chi connectivity index (χ1n) is 6.55. The second-order valence-electron chi connectivity index (χ2n) is 5.35. The van der Waals surface area contributed by atoms with E-state index in [9.17, 15) is 0 Å². The van der Waals surface area contributed by atoms with Crippen molar-refractivity contribution in [3.05, 3.63) is 23.9 Å². The summed E-state index contributed by atoms with van der Waals surface area (Å²) in [6.07, 6.45) is 4.66. The van der Waals surface area contributed by atoms with E-state index < -0.39 is 0 Å². The van der Waals surface area contributed by atoms with Crippen molar-refractivity contribution in [1.29, 1.82) is 0 Å². The lowest BCUT2D eigenvalue weighted by Gasteiger charge is -2.21. The minimum atomic E-state index is 0.511. The standard InChI is InChI=1S/C14H23N3/c1-11(2)16-9-13-5-4-8-15-14(13)17(3)10-12-6-7-12/h4-5,8,11-12,16H,6-7,9-10H2,1-3H3. The molecule has 0 bridgehead atoms. The Morgan fingerprint density at radius 3 is 2.88 bits per heavy atom. The van der Waals surface area contributed by atoms with Crippen molar-refractivity contribution >= 4 is 5.82 Å². The van der Waals surface area contributed by atoms with Gasteiger partial charge in [-0.3, -0.25) is 0 Å². The highest BCUT2D eigenvalue weighted by Crippen LogP contribution is 2.31. The molecule has 2 rings (SSSR count). The fourth-order valence-electron chi connectivity index (χ4n) is 2.00. The Morgan fingerprint density at radius 1 is 1.47 bits per heavy atom. The van der Waals surface area contributed by atoms with Crippen LogP contribution in [-0.2, 0) is 6.54 Å². The highest BCUT2D eigenvalue weighted by atomic mass is 15.2. The van der Waals surface area contributed by atoms with E-state index in [1.165, 1.54) is 18.4 Å². The lowest BCUT2D eigenvalue weighted by Crippen LogP contribution is -2.26. The molecule has 1 aliphatic carbocycles. The minimum Gasteiger partial charge on any atom is -0.359 e. The Morgan fingerprint density at radius 2 is 2.24 bits per heavy atom. The highest BCUT2D eigenvalue weighted by Gasteiger charge is 2.24. The molecule has 1 heterocycles. The summed E-state index contributed by atoms with van der Waals surface area (Å²) in [5, 5.41) is 3.46. The third-order valence-corrected chi connectivity index (χ3v) is 3.16. The zero-order chi connectivity index (χ0) is 12.3. The predicted molar refractivity (Wildman–Crippen MR) is 72.2 cm³/mol. The molecular formula is C14H23N3. The molecule has 1 aromatic heterocycles. The van der Waals surface area contributed by atoms with Gasteiger partial charge in [0.2, 0.25) is 0 Å². The number of hydrogen-bond donors (Lipinski definition) is 1. The molecule has 0 atom stereocenters. The zero-order valence-corrected chi connectivity index (χ0v) is 11.1. The van der Waals surface area contributed by atoms with Crippen LogP contribution in [-0.4, -0.2) is 24.6 Å². The van der Waals surface area contributed by atoms with Gasteiger partial charge in [0.1, 0.15) is 5.82 Å². The smallest absolute Gasteiger partial charge is 0.132 e. The number of aromatic nitrogens is 1. The molecule has 94 valence electrons. The van der Waals surface area contributed by atoms with E-state index in [-0.39, 0.29) is 0 Å². The molecule has 1 N–H and O–H groups in total. The number of nitrogens with zero attached hydrogens (tertiary/aromatic N) is 2. The summed E-state index contributed by atoms with van der Waals surface area (Å²) in [6, 6.07) is 4.70. The van der Waals surface area contributed by atoms with E-state index in [0.29, 0.717) is 6.04 Å². The molecule has 17 heavy (non-hydrogen) atoms. The molecule has 1 fully saturated rings. The molecule has 3 nitrogen and oxygen atoms in total. The molecule has 0 aromatic carbocycles. The third kappa shape index (κ3) is 3.70. The fraction of sp³-hybridized carbons (Fsp3) is 0.643. The highest BCUT2D eigenvalue weighted by molar-refractivity contribution is 5.46. The van der Waals surface area contributed by atoms with Crippen LogP contribution in [0.5, 0.6) is 0 Å². The Bertz CT molecular complexity index is 358. The van der Waals surface area contributed by atoms with Crippen LogP contribution in [0, 0.1) is 5.92 Å². The van der Waals surface area contributed by atoms with E-state index in [4.69, 9.17) is 0 Å². The van der Waals surface area contributed by atoms with Crippen LogP contribution < -0.4 is 10.2 Å². The van der Waals surface area contributed by atoms with Crippen molar-refractivity contribution in [2.75, 3.05) is 18.5 Å². The zero-order valence-electron chi connectivity index (χ0n) is 11.1. The second-order valence-corrected chi connectivity index (χ2v) is 5.35. The third-order valence-electron chi connectivity index (χ3n) is 3.16. The van der Waals surface area contributed by atoms with E-state index in [1.807, 2.05) is 12.3 Å². The predicted octanol–water partition coefficient (Wildman–Crippen LogP) is 2.43. The fourth-order valence-corrected chi connectivity index (χ4v) is 2.00. The van der Waals surface area contributed by atoms with E-state index in [2.05, 4.69) is 42.2 Å². The maximum Gasteiger partial charge on any atom is 0.132 e. The average molecular weight is 233 g/mol. The molecule has 1 saturated carbocycles. The second kappa shape index (κ2) is 5.50. The summed E-state index contributed by atoms with van der Waals surface area (Å²) in [5.41, 5.74) is 1.30. The molecule has 0 aliphatic heterocycles. The van der Waals surface area contributed by atoms with Gasteiger partial charge in [0.05, 0.1) is 0 Å². The first-order valence-corrected chi connectivity index (χ1v) is 6.55. The molecule has 3 heteroatoms. The maximum absolute atomic E-state index is 4.52. The number of anilines is 1. The van der Waals surface area contributed by atoms with Crippen molar-refractivity contribution in [2.24, 2.45) is 5.92 Å². The molecule has 1 aliphatic rings. The summed E-state index contributed by atoms with van der Waals surface area (Å²) in [4.78, 5) is 6.82. The van der Waals surface area contributed by atoms with Crippen LogP contribution in [0.1, 0.15) is 32.3 Å². The maximum atomic E-state index is 4.52. The number of rotatable bonds is 6. The van der Waals surface area contributed by atoms with Crippen LogP contribution in [0.4, 0.5) is 5.82 Å². The lowest BCUT2D eigenvalue weighted by molar-refractivity contribution is 0.586. The molecule has 0 amide bonds. The van der Waals surface area contributed by atoms with Gasteiger partial charge in [0, 0.05) is 37.9 Å². The van der Waals surface area contributed by atoms with E-state index in [0.717, 1.165) is 24.8 Å². The first-order chi connectivity index (χ1) is 8.16. The average Bonchev–Trinajstić information content (AvgIpc) is 3.10. The minimum absolute atomic E-state index is 0.511. The van der Waals surface area contributed by atoms with Gasteiger partial charge >= 0.3 is 0 Å². The Labute approximate surface area is 104 Å². The topological polar surface area (TPSA) is 28.2 Å². The lowest BCUT2D eigenvalue weighted by atomic mass is 10.2. The summed E-state index contributed by atoms with van der Waals surface area (Å²) in [6.45, 7) is 6.38. The number of hydrogen-bond acceptors (Lipinski definition) is 3.